The zero-order chi connectivity index (χ0) is 20.8. The van der Waals surface area contributed by atoms with Crippen molar-refractivity contribution in [3.8, 4) is 5.88 Å². The predicted octanol–water partition coefficient (Wildman–Crippen LogP) is 2.72. The summed E-state index contributed by atoms with van der Waals surface area (Å²) in [6.45, 7) is 0.278. The average Bonchev–Trinajstić information content (AvgIpc) is 2.77. The summed E-state index contributed by atoms with van der Waals surface area (Å²) in [6.07, 6.45) is 4.00. The molecule has 1 amide bonds. The first-order valence-electron chi connectivity index (χ1n) is 8.79. The van der Waals surface area contributed by atoms with Crippen LogP contribution < -0.4 is 26.6 Å². The van der Waals surface area contributed by atoms with Crippen LogP contribution in [-0.2, 0) is 0 Å². The summed E-state index contributed by atoms with van der Waals surface area (Å²) in [6, 6.07) is 12.0. The number of methoxy groups -OCH3 is 1. The van der Waals surface area contributed by atoms with Crippen molar-refractivity contribution in [2.45, 2.75) is 6.04 Å². The van der Waals surface area contributed by atoms with Gasteiger partial charge in [-0.3, -0.25) is 9.78 Å². The van der Waals surface area contributed by atoms with Gasteiger partial charge in [0, 0.05) is 18.8 Å². The van der Waals surface area contributed by atoms with E-state index in [4.69, 9.17) is 16.2 Å². The van der Waals surface area contributed by atoms with Crippen LogP contribution in [-0.4, -0.2) is 29.5 Å². The fourth-order valence-electron chi connectivity index (χ4n) is 2.77. The number of anilines is 3. The van der Waals surface area contributed by atoms with E-state index >= 15 is 4.48 Å². The number of hydrogen-bond donors (Lipinski definition) is 3. The lowest BCUT2D eigenvalue weighted by Gasteiger charge is -2.23. The van der Waals surface area contributed by atoms with Gasteiger partial charge in [0.2, 0.25) is 11.8 Å². The van der Waals surface area contributed by atoms with E-state index < -0.39 is 5.91 Å². The maximum absolute atomic E-state index is 15.3. The number of carbonyl (C=O) groups is 1. The molecule has 150 valence electrons. The molecule has 0 spiro atoms. The fourth-order valence-corrected chi connectivity index (χ4v) is 2.77. The summed E-state index contributed by atoms with van der Waals surface area (Å²) in [4.78, 5) is 19.4. The second-order valence-electron chi connectivity index (χ2n) is 6.16. The third-order valence-electron chi connectivity index (χ3n) is 4.28. The Morgan fingerprint density at radius 1 is 1.24 bits per heavy atom. The van der Waals surface area contributed by atoms with Crippen LogP contribution in [0.15, 0.2) is 61.1 Å². The highest BCUT2D eigenvalue weighted by Gasteiger charge is 2.19. The molecular formula is C20H21FN6O2. The molecule has 8 nitrogen and oxygen atoms in total. The molecule has 0 bridgehead atoms. The minimum Gasteiger partial charge on any atom is -0.481 e. The number of nitrogens with one attached hydrogen (secondary N) is 1. The number of nitrogens with two attached hydrogens (primary N) is 2. The number of carbonyl (C=O) groups excluding carboxylic acids is 1. The van der Waals surface area contributed by atoms with Gasteiger partial charge >= 0.3 is 0 Å². The number of rotatable bonds is 8. The smallest absolute Gasteiger partial charge is 0.250 e. The van der Waals surface area contributed by atoms with E-state index in [0.29, 0.717) is 10.8 Å². The minimum atomic E-state index is -0.703. The van der Waals surface area contributed by atoms with Crippen LogP contribution in [0.25, 0.3) is 0 Å². The summed E-state index contributed by atoms with van der Waals surface area (Å²) in [5, 5.41) is 3.60. The van der Waals surface area contributed by atoms with Gasteiger partial charge in [-0.15, -0.1) is 0 Å². The lowest BCUT2D eigenvalue weighted by atomic mass is 10.1. The third-order valence-corrected chi connectivity index (χ3v) is 4.28. The highest BCUT2D eigenvalue weighted by Crippen LogP contribution is 2.36. The van der Waals surface area contributed by atoms with E-state index in [9.17, 15) is 4.79 Å². The Morgan fingerprint density at radius 2 is 2.00 bits per heavy atom. The van der Waals surface area contributed by atoms with Gasteiger partial charge in [0.15, 0.2) is 0 Å². The van der Waals surface area contributed by atoms with Crippen LogP contribution in [0.5, 0.6) is 5.88 Å². The number of amides is 1. The quantitative estimate of drug-likeness (QED) is 0.501. The van der Waals surface area contributed by atoms with Gasteiger partial charge in [0.05, 0.1) is 42.5 Å². The summed E-state index contributed by atoms with van der Waals surface area (Å²) in [7, 11) is 1.43. The SMILES string of the molecule is COc1cc(N(F)c2cncc(C(N)=O)c2)c(N[C@@H](CN)c2ccccc2)cn1. The van der Waals surface area contributed by atoms with Gasteiger partial charge in [-0.2, -0.15) is 5.12 Å². The molecule has 3 rings (SSSR count). The van der Waals surface area contributed by atoms with Crippen molar-refractivity contribution >= 4 is 23.0 Å². The molecule has 5 N–H and O–H groups in total. The topological polar surface area (TPSA) is 119 Å². The molecule has 0 aliphatic heterocycles. The fraction of sp³-hybridized carbons (Fsp3) is 0.150. The molecule has 29 heavy (non-hydrogen) atoms. The van der Waals surface area contributed by atoms with Gasteiger partial charge in [-0.1, -0.05) is 34.8 Å². The first-order chi connectivity index (χ1) is 14.0. The molecule has 2 aromatic heterocycles. The molecule has 0 aliphatic rings. The third kappa shape index (κ3) is 4.58. The van der Waals surface area contributed by atoms with Gasteiger partial charge in [0.1, 0.15) is 5.69 Å². The molecule has 0 saturated carbocycles. The van der Waals surface area contributed by atoms with E-state index in [0.717, 1.165) is 5.56 Å². The second kappa shape index (κ2) is 8.98. The molecule has 2 heterocycles. The van der Waals surface area contributed by atoms with Crippen molar-refractivity contribution in [1.29, 1.82) is 0 Å². The van der Waals surface area contributed by atoms with Crippen LogP contribution in [0, 0.1) is 0 Å². The average molecular weight is 396 g/mol. The van der Waals surface area contributed by atoms with E-state index in [-0.39, 0.29) is 35.4 Å². The molecule has 0 radical (unpaired) electrons. The number of halogens is 1. The van der Waals surface area contributed by atoms with Crippen LogP contribution in [0.4, 0.5) is 21.5 Å². The zero-order valence-electron chi connectivity index (χ0n) is 15.7. The molecule has 0 fully saturated rings. The van der Waals surface area contributed by atoms with Crippen LogP contribution in [0.2, 0.25) is 0 Å². The Bertz CT molecular complexity index is 986. The Kier molecular flexibility index (Phi) is 6.20. The monoisotopic (exact) mass is 396 g/mol. The molecule has 9 heteroatoms. The van der Waals surface area contributed by atoms with Gasteiger partial charge in [-0.05, 0) is 11.6 Å². The van der Waals surface area contributed by atoms with Crippen LogP contribution >= 0.6 is 0 Å². The minimum absolute atomic E-state index is 0.0293. The number of pyridine rings is 2. The van der Waals surface area contributed by atoms with E-state index in [1.54, 1.807) is 0 Å². The Labute approximate surface area is 167 Å². The van der Waals surface area contributed by atoms with E-state index in [1.807, 2.05) is 30.3 Å². The second-order valence-corrected chi connectivity index (χ2v) is 6.16. The predicted molar refractivity (Wildman–Crippen MR) is 109 cm³/mol. The number of aromatic nitrogens is 2. The van der Waals surface area contributed by atoms with E-state index in [2.05, 4.69) is 15.3 Å². The standard InChI is InChI=1S/C20H21FN6O2/c1-29-19-8-18(27(21)15-7-14(20(23)28)10-24-11-15)17(12-25-19)26-16(9-22)13-5-3-2-4-6-13/h2-8,10-12,16,26H,9,22H2,1H3,(H2,23,28)/t16-/m0/s1. The van der Waals surface area contributed by atoms with Crippen molar-refractivity contribution in [2.75, 3.05) is 24.1 Å². The van der Waals surface area contributed by atoms with Crippen molar-refractivity contribution in [3.05, 3.63) is 72.2 Å². The van der Waals surface area contributed by atoms with Gasteiger partial charge in [-0.25, -0.2) is 4.98 Å². The lowest BCUT2D eigenvalue weighted by Crippen LogP contribution is -2.22. The number of nitrogens with zero attached hydrogens (tertiary/aromatic N) is 3. The molecule has 3 aromatic rings. The molecule has 0 aliphatic carbocycles. The van der Waals surface area contributed by atoms with Crippen LogP contribution in [0.1, 0.15) is 22.0 Å². The van der Waals surface area contributed by atoms with Crippen molar-refractivity contribution in [1.82, 2.24) is 9.97 Å². The summed E-state index contributed by atoms with van der Waals surface area (Å²) in [5.41, 5.74) is 12.8. The molecule has 1 aromatic carbocycles. The zero-order valence-corrected chi connectivity index (χ0v) is 15.7. The number of primary amides is 1. The Hall–Kier alpha value is -3.72. The Balaban J connectivity index is 1.99. The van der Waals surface area contributed by atoms with Crippen LogP contribution in [0.3, 0.4) is 0 Å². The number of benzene rings is 1. The largest absolute Gasteiger partial charge is 0.481 e. The van der Waals surface area contributed by atoms with Gasteiger partial charge in [0.25, 0.3) is 0 Å². The van der Waals surface area contributed by atoms with E-state index in [1.165, 1.54) is 37.8 Å². The molecule has 0 saturated heterocycles. The molecular weight excluding hydrogens is 375 g/mol. The first-order valence-corrected chi connectivity index (χ1v) is 8.79. The maximum Gasteiger partial charge on any atom is 0.250 e. The summed E-state index contributed by atoms with van der Waals surface area (Å²) >= 11 is 0. The van der Waals surface area contributed by atoms with Crippen molar-refractivity contribution in [2.24, 2.45) is 11.5 Å². The summed E-state index contributed by atoms with van der Waals surface area (Å²) < 4.78 is 20.5. The normalized spacial score (nSPS) is 11.6. The number of hydrogen-bond acceptors (Lipinski definition) is 7. The lowest BCUT2D eigenvalue weighted by molar-refractivity contribution is 0.1000. The van der Waals surface area contributed by atoms with Crippen molar-refractivity contribution < 1.29 is 14.0 Å². The first kappa shape index (κ1) is 20.0. The maximum atomic E-state index is 15.3. The summed E-state index contributed by atoms with van der Waals surface area (Å²) in [5.74, 6) is -0.484. The highest BCUT2D eigenvalue weighted by molar-refractivity contribution is 5.93. The van der Waals surface area contributed by atoms with Crippen molar-refractivity contribution in [3.63, 3.8) is 0 Å². The molecule has 0 unspecified atom stereocenters. The number of ether oxygens (including phenoxy) is 1. The molecule has 1 atom stereocenters. The van der Waals surface area contributed by atoms with Gasteiger partial charge < -0.3 is 21.5 Å². The Morgan fingerprint density at radius 3 is 2.66 bits per heavy atom. The highest BCUT2D eigenvalue weighted by atomic mass is 19.2.